The number of carbonyl (C=O) groups is 1. The molecule has 0 aliphatic carbocycles. The van der Waals surface area contributed by atoms with E-state index in [4.69, 9.17) is 0 Å². The van der Waals surface area contributed by atoms with Gasteiger partial charge >= 0.3 is 0 Å². The molecule has 18 heavy (non-hydrogen) atoms. The highest BCUT2D eigenvalue weighted by molar-refractivity contribution is 5.98. The molecule has 2 atom stereocenters. The van der Waals surface area contributed by atoms with Gasteiger partial charge in [0.1, 0.15) is 0 Å². The van der Waals surface area contributed by atoms with Gasteiger partial charge in [0.25, 0.3) is 5.91 Å². The van der Waals surface area contributed by atoms with Crippen molar-refractivity contribution in [2.24, 2.45) is 0 Å². The van der Waals surface area contributed by atoms with Crippen LogP contribution in [0.2, 0.25) is 0 Å². The standard InChI is InChI=1S/C13H14N4O/c18-13(17-6-10-4-11(7-17)15-10)8-1-2-12-9(3-8)5-14-16-12/h1-3,5,10-11,15H,4,6-7H2,(H,14,16). The molecule has 2 N–H and O–H groups in total. The fraction of sp³-hybridized carbons (Fsp3) is 0.385. The molecule has 92 valence electrons. The first-order valence-electron chi connectivity index (χ1n) is 6.28. The van der Waals surface area contributed by atoms with E-state index < -0.39 is 0 Å². The van der Waals surface area contributed by atoms with Crippen LogP contribution in [0.25, 0.3) is 10.9 Å². The van der Waals surface area contributed by atoms with Crippen molar-refractivity contribution in [3.8, 4) is 0 Å². The molecule has 3 aliphatic rings. The van der Waals surface area contributed by atoms with Gasteiger partial charge in [-0.15, -0.1) is 0 Å². The van der Waals surface area contributed by atoms with Gasteiger partial charge in [-0.3, -0.25) is 9.89 Å². The first-order chi connectivity index (χ1) is 8.79. The van der Waals surface area contributed by atoms with E-state index in [0.717, 1.165) is 29.6 Å². The quantitative estimate of drug-likeness (QED) is 0.775. The number of aromatic amines is 1. The summed E-state index contributed by atoms with van der Waals surface area (Å²) in [5, 5.41) is 11.3. The van der Waals surface area contributed by atoms with Crippen molar-refractivity contribution in [2.45, 2.75) is 18.5 Å². The van der Waals surface area contributed by atoms with Gasteiger partial charge in [0, 0.05) is 36.1 Å². The second-order valence-corrected chi connectivity index (χ2v) is 5.18. The van der Waals surface area contributed by atoms with Crippen molar-refractivity contribution >= 4 is 16.8 Å². The van der Waals surface area contributed by atoms with Gasteiger partial charge in [0.05, 0.1) is 11.7 Å². The van der Waals surface area contributed by atoms with Crippen molar-refractivity contribution in [1.29, 1.82) is 0 Å². The third-order valence-corrected chi connectivity index (χ3v) is 3.90. The summed E-state index contributed by atoms with van der Waals surface area (Å²) in [5.74, 6) is 0.134. The smallest absolute Gasteiger partial charge is 0.253 e. The maximum absolute atomic E-state index is 12.4. The number of fused-ring (bicyclic) bond motifs is 3. The Kier molecular flexibility index (Phi) is 1.99. The van der Waals surface area contributed by atoms with Crippen LogP contribution in [0.3, 0.4) is 0 Å². The van der Waals surface area contributed by atoms with Gasteiger partial charge in [0.2, 0.25) is 0 Å². The zero-order valence-corrected chi connectivity index (χ0v) is 9.89. The predicted octanol–water partition coefficient (Wildman–Crippen LogP) is 0.749. The monoisotopic (exact) mass is 242 g/mol. The van der Waals surface area contributed by atoms with E-state index in [0.29, 0.717) is 12.1 Å². The minimum Gasteiger partial charge on any atom is -0.336 e. The summed E-state index contributed by atoms with van der Waals surface area (Å²) in [6.45, 7) is 1.66. The molecule has 2 bridgehead atoms. The number of piperidine rings is 1. The number of piperazine rings is 1. The second kappa shape index (κ2) is 3.55. The van der Waals surface area contributed by atoms with Crippen molar-refractivity contribution in [1.82, 2.24) is 20.4 Å². The Balaban J connectivity index is 1.63. The third kappa shape index (κ3) is 1.44. The Morgan fingerprint density at radius 3 is 2.89 bits per heavy atom. The number of nitrogens with zero attached hydrogens (tertiary/aromatic N) is 2. The van der Waals surface area contributed by atoms with Crippen LogP contribution in [0.4, 0.5) is 0 Å². The largest absolute Gasteiger partial charge is 0.336 e. The second-order valence-electron chi connectivity index (χ2n) is 5.18. The minimum absolute atomic E-state index is 0.134. The fourth-order valence-corrected chi connectivity index (χ4v) is 2.94. The summed E-state index contributed by atoms with van der Waals surface area (Å²) in [6, 6.07) is 6.71. The highest BCUT2D eigenvalue weighted by Crippen LogP contribution is 2.23. The lowest BCUT2D eigenvalue weighted by Gasteiger charge is -2.48. The Bertz CT molecular complexity index is 604. The van der Waals surface area contributed by atoms with Gasteiger partial charge in [-0.05, 0) is 24.6 Å². The summed E-state index contributed by atoms with van der Waals surface area (Å²) in [4.78, 5) is 14.4. The molecular formula is C13H14N4O. The van der Waals surface area contributed by atoms with Gasteiger partial charge in [-0.1, -0.05) is 0 Å². The Labute approximate surface area is 104 Å². The third-order valence-electron chi connectivity index (χ3n) is 3.90. The van der Waals surface area contributed by atoms with Crippen LogP contribution in [0.1, 0.15) is 16.8 Å². The minimum atomic E-state index is 0.134. The number of amides is 1. The van der Waals surface area contributed by atoms with E-state index >= 15 is 0 Å². The lowest BCUT2D eigenvalue weighted by molar-refractivity contribution is 0.0474. The Morgan fingerprint density at radius 2 is 2.11 bits per heavy atom. The van der Waals surface area contributed by atoms with E-state index in [9.17, 15) is 4.79 Å². The molecule has 1 aromatic heterocycles. The van der Waals surface area contributed by atoms with E-state index in [1.54, 1.807) is 6.20 Å². The predicted molar refractivity (Wildman–Crippen MR) is 67.3 cm³/mol. The van der Waals surface area contributed by atoms with E-state index in [-0.39, 0.29) is 5.91 Å². The number of hydrogen-bond donors (Lipinski definition) is 2. The van der Waals surface area contributed by atoms with Crippen LogP contribution in [-0.2, 0) is 0 Å². The number of aromatic nitrogens is 2. The van der Waals surface area contributed by atoms with Crippen molar-refractivity contribution in [3.63, 3.8) is 0 Å². The maximum Gasteiger partial charge on any atom is 0.253 e. The van der Waals surface area contributed by atoms with E-state index in [1.165, 1.54) is 6.42 Å². The van der Waals surface area contributed by atoms with Crippen LogP contribution >= 0.6 is 0 Å². The zero-order valence-electron chi connectivity index (χ0n) is 9.89. The number of nitrogens with one attached hydrogen (secondary N) is 2. The summed E-state index contributed by atoms with van der Waals surface area (Å²) in [5.41, 5.74) is 1.72. The van der Waals surface area contributed by atoms with Gasteiger partial charge in [0.15, 0.2) is 0 Å². The summed E-state index contributed by atoms with van der Waals surface area (Å²) in [6.07, 6.45) is 2.96. The molecule has 2 aromatic rings. The molecular weight excluding hydrogens is 228 g/mol. The van der Waals surface area contributed by atoms with E-state index in [1.807, 2.05) is 23.1 Å². The summed E-state index contributed by atoms with van der Waals surface area (Å²) in [7, 11) is 0. The summed E-state index contributed by atoms with van der Waals surface area (Å²) >= 11 is 0. The molecule has 1 aromatic carbocycles. The van der Waals surface area contributed by atoms with Crippen LogP contribution in [-0.4, -0.2) is 46.2 Å². The lowest BCUT2D eigenvalue weighted by atomic mass is 9.91. The fourth-order valence-electron chi connectivity index (χ4n) is 2.94. The molecule has 3 aliphatic heterocycles. The molecule has 5 rings (SSSR count). The molecule has 5 nitrogen and oxygen atoms in total. The molecule has 0 saturated carbocycles. The number of carbonyl (C=O) groups excluding carboxylic acids is 1. The average molecular weight is 242 g/mol. The molecule has 2 unspecified atom stereocenters. The lowest BCUT2D eigenvalue weighted by Crippen LogP contribution is -2.67. The highest BCUT2D eigenvalue weighted by atomic mass is 16.2. The maximum atomic E-state index is 12.4. The molecule has 3 fully saturated rings. The normalized spacial score (nSPS) is 26.1. The Hall–Kier alpha value is -1.88. The molecule has 5 heteroatoms. The number of benzene rings is 1. The van der Waals surface area contributed by atoms with Gasteiger partial charge in [-0.2, -0.15) is 5.10 Å². The SMILES string of the molecule is O=C(c1ccc2[nH]ncc2c1)N1CC2CC(C1)N2. The van der Waals surface area contributed by atoms with Crippen molar-refractivity contribution in [2.75, 3.05) is 13.1 Å². The van der Waals surface area contributed by atoms with Gasteiger partial charge < -0.3 is 10.2 Å². The van der Waals surface area contributed by atoms with Crippen LogP contribution in [0, 0.1) is 0 Å². The van der Waals surface area contributed by atoms with Crippen LogP contribution in [0.5, 0.6) is 0 Å². The van der Waals surface area contributed by atoms with E-state index in [2.05, 4.69) is 15.5 Å². The van der Waals surface area contributed by atoms with Gasteiger partial charge in [-0.25, -0.2) is 0 Å². The topological polar surface area (TPSA) is 61.0 Å². The van der Waals surface area contributed by atoms with Crippen LogP contribution < -0.4 is 5.32 Å². The highest BCUT2D eigenvalue weighted by Gasteiger charge is 2.38. The summed E-state index contributed by atoms with van der Waals surface area (Å²) < 4.78 is 0. The number of hydrogen-bond acceptors (Lipinski definition) is 3. The average Bonchev–Trinajstić information content (AvgIpc) is 2.84. The van der Waals surface area contributed by atoms with Crippen molar-refractivity contribution < 1.29 is 4.79 Å². The number of H-pyrrole nitrogens is 1. The molecule has 4 heterocycles. The molecule has 0 radical (unpaired) electrons. The molecule has 0 spiro atoms. The number of rotatable bonds is 1. The molecule has 3 saturated heterocycles. The molecule has 1 amide bonds. The Morgan fingerprint density at radius 1 is 1.33 bits per heavy atom. The zero-order chi connectivity index (χ0) is 12.1. The van der Waals surface area contributed by atoms with Crippen molar-refractivity contribution in [3.05, 3.63) is 30.0 Å². The van der Waals surface area contributed by atoms with Crippen LogP contribution in [0.15, 0.2) is 24.4 Å². The first kappa shape index (κ1) is 10.1. The first-order valence-corrected chi connectivity index (χ1v) is 6.28.